The topological polar surface area (TPSA) is 108 Å². The van der Waals surface area contributed by atoms with E-state index in [0.717, 1.165) is 18.2 Å². The van der Waals surface area contributed by atoms with Crippen molar-refractivity contribution in [2.75, 3.05) is 0 Å². The van der Waals surface area contributed by atoms with Crippen molar-refractivity contribution in [2.45, 2.75) is 49.9 Å². The summed E-state index contributed by atoms with van der Waals surface area (Å²) < 4.78 is 44.6. The van der Waals surface area contributed by atoms with Crippen molar-refractivity contribution < 1.29 is 27.2 Å². The molecular formula is C24H20ClF3N4O3. The lowest BCUT2D eigenvalue weighted by Crippen LogP contribution is -2.52. The molecule has 2 amide bonds. The smallest absolute Gasteiger partial charge is 0.416 e. The molecule has 3 aromatic rings. The Morgan fingerprint density at radius 2 is 1.97 bits per heavy atom. The lowest BCUT2D eigenvalue weighted by molar-refractivity contribution is -0.137. The minimum Gasteiger partial charge on any atom is -0.441 e. The number of fused-ring (bicyclic) bond motifs is 1. The van der Waals surface area contributed by atoms with Crippen LogP contribution in [0.3, 0.4) is 0 Å². The van der Waals surface area contributed by atoms with E-state index in [4.69, 9.17) is 16.0 Å². The molecule has 1 aromatic heterocycles. The number of hydrogen-bond donors (Lipinski definition) is 2. The Morgan fingerprint density at radius 1 is 1.23 bits per heavy atom. The van der Waals surface area contributed by atoms with Crippen LogP contribution in [0.15, 0.2) is 46.9 Å². The van der Waals surface area contributed by atoms with Crippen molar-refractivity contribution in [1.82, 2.24) is 15.6 Å². The van der Waals surface area contributed by atoms with Gasteiger partial charge in [-0.05, 0) is 55.7 Å². The number of hydrogen-bond acceptors (Lipinski definition) is 5. The van der Waals surface area contributed by atoms with Gasteiger partial charge in [-0.25, -0.2) is 4.98 Å². The number of nitriles is 1. The van der Waals surface area contributed by atoms with Crippen LogP contribution in [0.4, 0.5) is 13.2 Å². The summed E-state index contributed by atoms with van der Waals surface area (Å²) in [5.74, 6) is -1.79. The maximum absolute atomic E-state index is 13.0. The number of alkyl halides is 3. The van der Waals surface area contributed by atoms with Crippen LogP contribution in [-0.4, -0.2) is 28.4 Å². The summed E-state index contributed by atoms with van der Waals surface area (Å²) in [7, 11) is 0. The summed E-state index contributed by atoms with van der Waals surface area (Å²) >= 11 is 6.01. The van der Waals surface area contributed by atoms with Gasteiger partial charge in [0.1, 0.15) is 17.1 Å². The van der Waals surface area contributed by atoms with E-state index in [1.807, 2.05) is 6.07 Å². The molecule has 4 rings (SSSR count). The average Bonchev–Trinajstić information content (AvgIpc) is 3.46. The summed E-state index contributed by atoms with van der Waals surface area (Å²) in [6, 6.07) is 10.5. The normalized spacial score (nSPS) is 16.2. The van der Waals surface area contributed by atoms with Crippen LogP contribution in [-0.2, 0) is 22.2 Å². The van der Waals surface area contributed by atoms with Crippen LogP contribution in [0.1, 0.15) is 42.7 Å². The third-order valence-corrected chi connectivity index (χ3v) is 6.07. The van der Waals surface area contributed by atoms with Crippen molar-refractivity contribution in [3.63, 3.8) is 0 Å². The van der Waals surface area contributed by atoms with Crippen LogP contribution < -0.4 is 10.6 Å². The first-order valence-corrected chi connectivity index (χ1v) is 11.1. The van der Waals surface area contributed by atoms with Gasteiger partial charge in [0.05, 0.1) is 24.0 Å². The summed E-state index contributed by atoms with van der Waals surface area (Å²) in [4.78, 5) is 30.0. The van der Waals surface area contributed by atoms with Crippen molar-refractivity contribution >= 4 is 34.5 Å². The molecule has 1 heterocycles. The number of halogens is 4. The minimum absolute atomic E-state index is 0.0247. The molecule has 0 aliphatic heterocycles. The Kier molecular flexibility index (Phi) is 6.47. The van der Waals surface area contributed by atoms with E-state index >= 15 is 0 Å². The van der Waals surface area contributed by atoms with Gasteiger partial charge < -0.3 is 15.1 Å². The second-order valence-corrected chi connectivity index (χ2v) is 8.95. The number of carbonyl (C=O) groups excluding carboxylic acids is 2. The molecule has 0 bridgehead atoms. The van der Waals surface area contributed by atoms with Gasteiger partial charge in [-0.1, -0.05) is 23.7 Å². The molecule has 7 nitrogen and oxygen atoms in total. The molecule has 0 saturated heterocycles. The van der Waals surface area contributed by atoms with E-state index in [-0.39, 0.29) is 23.4 Å². The molecule has 182 valence electrons. The highest BCUT2D eigenvalue weighted by atomic mass is 35.5. The second kappa shape index (κ2) is 9.23. The summed E-state index contributed by atoms with van der Waals surface area (Å²) in [6.07, 6.45) is -3.80. The number of benzene rings is 2. The summed E-state index contributed by atoms with van der Waals surface area (Å²) in [6.45, 7) is 1.64. The van der Waals surface area contributed by atoms with Crippen molar-refractivity contribution in [1.29, 1.82) is 5.26 Å². The zero-order valence-corrected chi connectivity index (χ0v) is 19.2. The van der Waals surface area contributed by atoms with Crippen LogP contribution in [0.5, 0.6) is 0 Å². The van der Waals surface area contributed by atoms with Crippen molar-refractivity contribution in [3.05, 3.63) is 64.5 Å². The third kappa shape index (κ3) is 5.57. The fourth-order valence-corrected chi connectivity index (χ4v) is 3.76. The largest absolute Gasteiger partial charge is 0.441 e. The van der Waals surface area contributed by atoms with E-state index in [0.29, 0.717) is 23.4 Å². The molecule has 1 aliphatic rings. The SMILES string of the molecule is C[C@H](C(=O)NC(Cc1nc2cc(C(F)(F)F)ccc2o1)C(=O)NC1(C#N)CC1)c1cccc(Cl)c1. The Balaban J connectivity index is 1.57. The van der Waals surface area contributed by atoms with E-state index < -0.39 is 41.1 Å². The van der Waals surface area contributed by atoms with Gasteiger partial charge in [-0.2, -0.15) is 18.4 Å². The van der Waals surface area contributed by atoms with Crippen LogP contribution in [0.25, 0.3) is 11.1 Å². The van der Waals surface area contributed by atoms with Crippen LogP contribution in [0.2, 0.25) is 5.02 Å². The quantitative estimate of drug-likeness (QED) is 0.492. The molecule has 35 heavy (non-hydrogen) atoms. The Labute approximate surface area is 203 Å². The molecule has 2 aromatic carbocycles. The van der Waals surface area contributed by atoms with E-state index in [2.05, 4.69) is 15.6 Å². The first kappa shape index (κ1) is 24.5. The van der Waals surface area contributed by atoms with E-state index in [1.165, 1.54) is 0 Å². The predicted octanol–water partition coefficient (Wildman–Crippen LogP) is 4.50. The van der Waals surface area contributed by atoms with Crippen molar-refractivity contribution in [3.8, 4) is 6.07 Å². The molecule has 2 N–H and O–H groups in total. The van der Waals surface area contributed by atoms with E-state index in [1.54, 1.807) is 31.2 Å². The predicted molar refractivity (Wildman–Crippen MR) is 120 cm³/mol. The Hall–Kier alpha value is -3.58. The molecule has 0 spiro atoms. The standard InChI is InChI=1S/C24H20ClF3N4O3/c1-13(14-3-2-4-16(25)9-14)21(33)31-18(22(34)32-23(12-29)7-8-23)11-20-30-17-10-15(24(26,27)28)5-6-19(17)35-20/h2-6,9-10,13,18H,7-8,11H2,1H3,(H,31,33)(H,32,34)/t13-,18?/m0/s1. The Bertz CT molecular complexity index is 1330. The fraction of sp³-hybridized carbons (Fsp3) is 0.333. The van der Waals surface area contributed by atoms with Gasteiger partial charge in [-0.3, -0.25) is 9.59 Å². The van der Waals surface area contributed by atoms with Gasteiger partial charge >= 0.3 is 6.18 Å². The molecule has 11 heteroatoms. The van der Waals surface area contributed by atoms with Crippen molar-refractivity contribution in [2.24, 2.45) is 0 Å². The first-order valence-electron chi connectivity index (χ1n) is 10.8. The minimum atomic E-state index is -4.55. The van der Waals surface area contributed by atoms with Gasteiger partial charge in [-0.15, -0.1) is 0 Å². The maximum atomic E-state index is 13.0. The highest BCUT2D eigenvalue weighted by Gasteiger charge is 2.46. The highest BCUT2D eigenvalue weighted by molar-refractivity contribution is 6.30. The lowest BCUT2D eigenvalue weighted by atomic mass is 9.99. The number of rotatable bonds is 7. The summed E-state index contributed by atoms with van der Waals surface area (Å²) in [5.41, 5.74) is -1.15. The molecule has 1 unspecified atom stereocenters. The molecule has 1 fully saturated rings. The van der Waals surface area contributed by atoms with E-state index in [9.17, 15) is 28.0 Å². The fourth-order valence-electron chi connectivity index (χ4n) is 3.56. The summed E-state index contributed by atoms with van der Waals surface area (Å²) in [5, 5.41) is 15.1. The zero-order valence-electron chi connectivity index (χ0n) is 18.4. The third-order valence-electron chi connectivity index (χ3n) is 5.84. The first-order chi connectivity index (χ1) is 16.5. The molecule has 2 atom stereocenters. The average molecular weight is 505 g/mol. The van der Waals surface area contributed by atoms with Gasteiger partial charge in [0.2, 0.25) is 11.8 Å². The van der Waals surface area contributed by atoms with Gasteiger partial charge in [0, 0.05) is 5.02 Å². The number of aromatic nitrogens is 1. The number of amides is 2. The molecule has 1 aliphatic carbocycles. The van der Waals surface area contributed by atoms with Crippen LogP contribution in [0, 0.1) is 11.3 Å². The maximum Gasteiger partial charge on any atom is 0.416 e. The molecular weight excluding hydrogens is 485 g/mol. The number of oxazole rings is 1. The number of nitrogens with zero attached hydrogens (tertiary/aromatic N) is 2. The number of nitrogens with one attached hydrogen (secondary N) is 2. The van der Waals surface area contributed by atoms with Gasteiger partial charge in [0.25, 0.3) is 0 Å². The monoisotopic (exact) mass is 504 g/mol. The lowest BCUT2D eigenvalue weighted by Gasteiger charge is -2.21. The Morgan fingerprint density at radius 3 is 2.60 bits per heavy atom. The molecule has 1 saturated carbocycles. The zero-order chi connectivity index (χ0) is 25.4. The second-order valence-electron chi connectivity index (χ2n) is 8.51. The highest BCUT2D eigenvalue weighted by Crippen LogP contribution is 2.35. The number of carbonyl (C=O) groups is 2. The van der Waals surface area contributed by atoms with Gasteiger partial charge in [0.15, 0.2) is 11.5 Å². The van der Waals surface area contributed by atoms with Crippen LogP contribution >= 0.6 is 11.6 Å². The molecule has 0 radical (unpaired) electrons.